The number of amides is 1. The first-order chi connectivity index (χ1) is 13.2. The summed E-state index contributed by atoms with van der Waals surface area (Å²) < 4.78 is 13.2. The molecule has 7 heteroatoms. The van der Waals surface area contributed by atoms with E-state index in [0.29, 0.717) is 12.6 Å². The highest BCUT2D eigenvalue weighted by Crippen LogP contribution is 2.33. The van der Waals surface area contributed by atoms with E-state index in [1.165, 1.54) is 25.0 Å². The Labute approximate surface area is 163 Å². The predicted octanol–water partition coefficient (Wildman–Crippen LogP) is 3.56. The SMILES string of the molecule is CCN(c1nc(CNC(=O)[C@@H]2CCCN2c2ccc(F)cc2)cs1)C1CC1. The second kappa shape index (κ2) is 7.84. The van der Waals surface area contributed by atoms with Crippen molar-refractivity contribution in [3.63, 3.8) is 0 Å². The number of benzene rings is 1. The first kappa shape index (κ1) is 18.2. The van der Waals surface area contributed by atoms with E-state index in [1.54, 1.807) is 23.5 Å². The monoisotopic (exact) mass is 388 g/mol. The molecule has 2 aromatic rings. The minimum atomic E-state index is -0.259. The summed E-state index contributed by atoms with van der Waals surface area (Å²) in [6.07, 6.45) is 4.28. The number of aromatic nitrogens is 1. The van der Waals surface area contributed by atoms with Crippen molar-refractivity contribution in [2.45, 2.75) is 51.2 Å². The zero-order valence-corrected chi connectivity index (χ0v) is 16.3. The number of halogens is 1. The Kier molecular flexibility index (Phi) is 5.29. The van der Waals surface area contributed by atoms with Gasteiger partial charge in [0.1, 0.15) is 11.9 Å². The lowest BCUT2D eigenvalue weighted by Gasteiger charge is -2.25. The van der Waals surface area contributed by atoms with Crippen LogP contribution in [0.5, 0.6) is 0 Å². The lowest BCUT2D eigenvalue weighted by molar-refractivity contribution is -0.122. The summed E-state index contributed by atoms with van der Waals surface area (Å²) in [6, 6.07) is 6.81. The quantitative estimate of drug-likeness (QED) is 0.788. The first-order valence-electron chi connectivity index (χ1n) is 9.66. The van der Waals surface area contributed by atoms with Gasteiger partial charge in [0.05, 0.1) is 12.2 Å². The Morgan fingerprint density at radius 3 is 2.81 bits per heavy atom. The maximum absolute atomic E-state index is 13.2. The van der Waals surface area contributed by atoms with E-state index in [4.69, 9.17) is 4.98 Å². The number of thiazole rings is 1. The second-order valence-corrected chi connectivity index (χ2v) is 8.02. The molecule has 1 saturated heterocycles. The third-order valence-electron chi connectivity index (χ3n) is 5.27. The fourth-order valence-corrected chi connectivity index (χ4v) is 4.68. The standard InChI is InChI=1S/C20H25FN4OS/c1-2-24(16-9-10-16)20-23-15(13-27-20)12-22-19(26)18-4-3-11-25(18)17-7-5-14(21)6-8-17/h5-8,13,16,18H,2-4,9-12H2,1H3,(H,22,26)/t18-/m0/s1. The van der Waals surface area contributed by atoms with Gasteiger partial charge in [0.2, 0.25) is 5.91 Å². The molecule has 1 aliphatic heterocycles. The van der Waals surface area contributed by atoms with Crippen molar-refractivity contribution < 1.29 is 9.18 Å². The summed E-state index contributed by atoms with van der Waals surface area (Å²) in [5.74, 6) is -0.244. The van der Waals surface area contributed by atoms with Gasteiger partial charge in [-0.2, -0.15) is 0 Å². The van der Waals surface area contributed by atoms with Crippen molar-refractivity contribution in [2.24, 2.45) is 0 Å². The van der Waals surface area contributed by atoms with Gasteiger partial charge >= 0.3 is 0 Å². The van der Waals surface area contributed by atoms with E-state index in [1.807, 2.05) is 5.38 Å². The molecule has 2 heterocycles. The van der Waals surface area contributed by atoms with Crippen LogP contribution in [0.15, 0.2) is 29.6 Å². The molecule has 0 unspecified atom stereocenters. The molecule has 1 atom stereocenters. The number of nitrogens with zero attached hydrogens (tertiary/aromatic N) is 3. The molecular weight excluding hydrogens is 363 g/mol. The van der Waals surface area contributed by atoms with Crippen LogP contribution in [0.1, 0.15) is 38.3 Å². The summed E-state index contributed by atoms with van der Waals surface area (Å²) in [5.41, 5.74) is 1.81. The van der Waals surface area contributed by atoms with Crippen molar-refractivity contribution in [1.82, 2.24) is 10.3 Å². The molecule has 2 fully saturated rings. The van der Waals surface area contributed by atoms with E-state index >= 15 is 0 Å². The van der Waals surface area contributed by atoms with Gasteiger partial charge in [-0.05, 0) is 56.9 Å². The average molecular weight is 389 g/mol. The van der Waals surface area contributed by atoms with Crippen molar-refractivity contribution in [1.29, 1.82) is 0 Å². The molecule has 1 aromatic carbocycles. The molecule has 2 aliphatic rings. The van der Waals surface area contributed by atoms with Crippen LogP contribution >= 0.6 is 11.3 Å². The Bertz CT molecular complexity index is 790. The van der Waals surface area contributed by atoms with Crippen LogP contribution in [0, 0.1) is 5.82 Å². The molecule has 4 rings (SSSR count). The summed E-state index contributed by atoms with van der Waals surface area (Å²) in [6.45, 7) is 4.40. The highest BCUT2D eigenvalue weighted by Gasteiger charge is 2.31. The van der Waals surface area contributed by atoms with Crippen molar-refractivity contribution >= 4 is 28.1 Å². The van der Waals surface area contributed by atoms with Crippen molar-refractivity contribution in [3.05, 3.63) is 41.2 Å². The molecule has 0 bridgehead atoms. The van der Waals surface area contributed by atoms with Crippen LogP contribution in [0.2, 0.25) is 0 Å². The fraction of sp³-hybridized carbons (Fsp3) is 0.500. The van der Waals surface area contributed by atoms with Crippen LogP contribution < -0.4 is 15.1 Å². The fourth-order valence-electron chi connectivity index (χ4n) is 3.72. The molecule has 1 aliphatic carbocycles. The van der Waals surface area contributed by atoms with Gasteiger partial charge in [-0.1, -0.05) is 0 Å². The highest BCUT2D eigenvalue weighted by atomic mass is 32.1. The average Bonchev–Trinajstić information content (AvgIpc) is 3.19. The Morgan fingerprint density at radius 2 is 2.11 bits per heavy atom. The largest absolute Gasteiger partial charge is 0.360 e. The van der Waals surface area contributed by atoms with E-state index in [0.717, 1.165) is 42.4 Å². The third-order valence-corrected chi connectivity index (χ3v) is 6.20. The molecule has 0 radical (unpaired) electrons. The topological polar surface area (TPSA) is 48.5 Å². The Hall–Kier alpha value is -2.15. The van der Waals surface area contributed by atoms with Crippen LogP contribution in [-0.2, 0) is 11.3 Å². The minimum absolute atomic E-state index is 0.0147. The Morgan fingerprint density at radius 1 is 1.33 bits per heavy atom. The summed E-state index contributed by atoms with van der Waals surface area (Å²) in [7, 11) is 0. The third kappa shape index (κ3) is 4.08. The van der Waals surface area contributed by atoms with E-state index < -0.39 is 0 Å². The smallest absolute Gasteiger partial charge is 0.243 e. The molecule has 144 valence electrons. The van der Waals surface area contributed by atoms with Crippen LogP contribution in [0.3, 0.4) is 0 Å². The van der Waals surface area contributed by atoms with Gasteiger partial charge < -0.3 is 15.1 Å². The number of anilines is 2. The van der Waals surface area contributed by atoms with E-state index in [9.17, 15) is 9.18 Å². The second-order valence-electron chi connectivity index (χ2n) is 7.18. The summed E-state index contributed by atoms with van der Waals surface area (Å²) >= 11 is 1.65. The maximum Gasteiger partial charge on any atom is 0.243 e. The van der Waals surface area contributed by atoms with Gasteiger partial charge in [0.25, 0.3) is 0 Å². The molecule has 5 nitrogen and oxygen atoms in total. The molecule has 0 spiro atoms. The normalized spacial score (nSPS) is 19.3. The highest BCUT2D eigenvalue weighted by molar-refractivity contribution is 7.13. The van der Waals surface area contributed by atoms with Crippen LogP contribution in [0.25, 0.3) is 0 Å². The first-order valence-corrected chi connectivity index (χ1v) is 10.5. The van der Waals surface area contributed by atoms with E-state index in [2.05, 4.69) is 22.0 Å². The van der Waals surface area contributed by atoms with Gasteiger partial charge in [-0.3, -0.25) is 4.79 Å². The number of carbonyl (C=O) groups excluding carboxylic acids is 1. The molecule has 1 saturated carbocycles. The van der Waals surface area contributed by atoms with Crippen molar-refractivity contribution in [2.75, 3.05) is 22.9 Å². The number of rotatable bonds is 7. The molecular formula is C20H25FN4OS. The summed E-state index contributed by atoms with van der Waals surface area (Å²) in [4.78, 5) is 21.8. The van der Waals surface area contributed by atoms with Crippen molar-refractivity contribution in [3.8, 4) is 0 Å². The summed E-state index contributed by atoms with van der Waals surface area (Å²) in [5, 5.41) is 6.13. The van der Waals surface area contributed by atoms with Gasteiger partial charge in [0, 0.05) is 30.2 Å². The van der Waals surface area contributed by atoms with Gasteiger partial charge in [-0.15, -0.1) is 11.3 Å². The predicted molar refractivity (Wildman–Crippen MR) is 107 cm³/mol. The zero-order chi connectivity index (χ0) is 18.8. The minimum Gasteiger partial charge on any atom is -0.360 e. The lowest BCUT2D eigenvalue weighted by Crippen LogP contribution is -2.43. The zero-order valence-electron chi connectivity index (χ0n) is 15.5. The molecule has 1 amide bonds. The van der Waals surface area contributed by atoms with Gasteiger partial charge in [-0.25, -0.2) is 9.37 Å². The number of nitrogens with one attached hydrogen (secondary N) is 1. The number of carbonyl (C=O) groups is 1. The number of hydrogen-bond donors (Lipinski definition) is 1. The van der Waals surface area contributed by atoms with E-state index in [-0.39, 0.29) is 17.8 Å². The lowest BCUT2D eigenvalue weighted by atomic mass is 10.2. The van der Waals surface area contributed by atoms with Gasteiger partial charge in [0.15, 0.2) is 5.13 Å². The Balaban J connectivity index is 1.36. The maximum atomic E-state index is 13.2. The molecule has 1 aromatic heterocycles. The number of hydrogen-bond acceptors (Lipinski definition) is 5. The van der Waals surface area contributed by atoms with Crippen LogP contribution in [-0.4, -0.2) is 36.1 Å². The molecule has 27 heavy (non-hydrogen) atoms. The van der Waals surface area contributed by atoms with Crippen LogP contribution in [0.4, 0.5) is 15.2 Å². The molecule has 1 N–H and O–H groups in total.